The molecule has 126 valence electrons. The Morgan fingerprint density at radius 2 is 1.96 bits per heavy atom. The number of hydrogen-bond donors (Lipinski definition) is 1. The molecule has 0 saturated heterocycles. The van der Waals surface area contributed by atoms with Gasteiger partial charge in [0.15, 0.2) is 0 Å². The lowest BCUT2D eigenvalue weighted by molar-refractivity contribution is -0.142. The van der Waals surface area contributed by atoms with Gasteiger partial charge < -0.3 is 14.6 Å². The van der Waals surface area contributed by atoms with E-state index in [1.54, 1.807) is 20.8 Å². The summed E-state index contributed by atoms with van der Waals surface area (Å²) in [7, 11) is 1.45. The number of ether oxygens (including phenoxy) is 2. The smallest absolute Gasteiger partial charge is 0.410 e. The average Bonchev–Trinajstić information content (AvgIpc) is 2.89. The normalized spacial score (nSPS) is 15.0. The molecule has 6 heteroatoms. The van der Waals surface area contributed by atoms with Crippen LogP contribution in [0.2, 0.25) is 0 Å². The van der Waals surface area contributed by atoms with Crippen molar-refractivity contribution in [1.82, 2.24) is 4.90 Å². The van der Waals surface area contributed by atoms with Gasteiger partial charge in [0.1, 0.15) is 11.6 Å². The molecule has 0 aromatic heterocycles. The molecular weight excluding hydrogens is 298 g/mol. The first-order valence-corrected chi connectivity index (χ1v) is 7.54. The van der Waals surface area contributed by atoms with Gasteiger partial charge >= 0.3 is 12.1 Å². The van der Waals surface area contributed by atoms with Crippen molar-refractivity contribution in [2.45, 2.75) is 52.0 Å². The zero-order chi connectivity index (χ0) is 17.2. The quantitative estimate of drug-likeness (QED) is 0.922. The molecule has 1 heterocycles. The fraction of sp³-hybridized carbons (Fsp3) is 0.529. The lowest BCUT2D eigenvalue weighted by atomic mass is 10.0. The third kappa shape index (κ3) is 4.45. The topological polar surface area (TPSA) is 76.1 Å². The number of nitrogens with zero attached hydrogens (tertiary/aromatic N) is 1. The number of fused-ring (bicyclic) bond motifs is 1. The number of carboxylic acid groups (broad SMARTS) is 1. The number of benzene rings is 1. The molecule has 6 nitrogen and oxygen atoms in total. The lowest BCUT2D eigenvalue weighted by Crippen LogP contribution is -2.46. The summed E-state index contributed by atoms with van der Waals surface area (Å²) in [5, 5.41) is 9.47. The van der Waals surface area contributed by atoms with E-state index in [4.69, 9.17) is 9.47 Å². The monoisotopic (exact) mass is 321 g/mol. The summed E-state index contributed by atoms with van der Waals surface area (Å²) in [6.45, 7) is 6.37. The molecule has 0 bridgehead atoms. The van der Waals surface area contributed by atoms with Crippen LogP contribution in [-0.2, 0) is 33.9 Å². The summed E-state index contributed by atoms with van der Waals surface area (Å²) in [5.41, 5.74) is 2.39. The van der Waals surface area contributed by atoms with Gasteiger partial charge in [0, 0.05) is 13.5 Å². The van der Waals surface area contributed by atoms with Crippen LogP contribution in [0.15, 0.2) is 18.2 Å². The minimum Gasteiger partial charge on any atom is -0.480 e. The van der Waals surface area contributed by atoms with Crippen LogP contribution in [0.1, 0.15) is 37.5 Å². The molecule has 0 spiro atoms. The van der Waals surface area contributed by atoms with Crippen molar-refractivity contribution in [3.05, 3.63) is 34.9 Å². The second-order valence-corrected chi connectivity index (χ2v) is 6.75. The second-order valence-electron chi connectivity index (χ2n) is 6.75. The number of carbonyl (C=O) groups excluding carboxylic acids is 1. The molecule has 1 N–H and O–H groups in total. The molecule has 0 unspecified atom stereocenters. The lowest BCUT2D eigenvalue weighted by Gasteiger charge is -2.28. The molecule has 0 saturated carbocycles. The minimum atomic E-state index is -1.06. The van der Waals surface area contributed by atoms with E-state index in [-0.39, 0.29) is 6.42 Å². The number of carbonyl (C=O) groups is 2. The maximum Gasteiger partial charge on any atom is 0.410 e. The summed E-state index contributed by atoms with van der Waals surface area (Å²) in [4.78, 5) is 24.8. The van der Waals surface area contributed by atoms with Gasteiger partial charge in [-0.1, -0.05) is 18.2 Å². The van der Waals surface area contributed by atoms with Crippen LogP contribution in [0.5, 0.6) is 0 Å². The Hall–Kier alpha value is -2.08. The molecule has 0 fully saturated rings. The van der Waals surface area contributed by atoms with Crippen molar-refractivity contribution in [2.75, 3.05) is 7.05 Å². The number of carboxylic acids is 1. The molecule has 1 atom stereocenters. The fourth-order valence-corrected chi connectivity index (χ4v) is 2.43. The summed E-state index contributed by atoms with van der Waals surface area (Å²) >= 11 is 0. The van der Waals surface area contributed by atoms with Gasteiger partial charge in [-0.15, -0.1) is 0 Å². The molecule has 0 aliphatic carbocycles. The predicted molar refractivity (Wildman–Crippen MR) is 84.1 cm³/mol. The summed E-state index contributed by atoms with van der Waals surface area (Å²) in [6.07, 6.45) is -0.423. The predicted octanol–water partition coefficient (Wildman–Crippen LogP) is 2.58. The van der Waals surface area contributed by atoms with Gasteiger partial charge in [0.25, 0.3) is 0 Å². The van der Waals surface area contributed by atoms with E-state index in [0.29, 0.717) is 13.2 Å². The zero-order valence-corrected chi connectivity index (χ0v) is 14.0. The van der Waals surface area contributed by atoms with Crippen molar-refractivity contribution < 1.29 is 24.2 Å². The van der Waals surface area contributed by atoms with Crippen molar-refractivity contribution in [3.63, 3.8) is 0 Å². The number of amides is 1. The standard InChI is InChI=1S/C17H23NO5/c1-17(2,3)23-16(21)18(4)14(15(19)20)8-11-5-6-12-9-22-10-13(12)7-11/h5-7,14H,8-10H2,1-4H3,(H,19,20)/t14-/m1/s1. The van der Waals surface area contributed by atoms with Crippen LogP contribution in [0.25, 0.3) is 0 Å². The fourth-order valence-electron chi connectivity index (χ4n) is 2.43. The van der Waals surface area contributed by atoms with E-state index in [2.05, 4.69) is 0 Å². The van der Waals surface area contributed by atoms with Gasteiger partial charge in [-0.2, -0.15) is 0 Å². The van der Waals surface area contributed by atoms with Gasteiger partial charge in [-0.25, -0.2) is 9.59 Å². The Balaban J connectivity index is 2.12. The first kappa shape index (κ1) is 17.3. The first-order chi connectivity index (χ1) is 10.7. The average molecular weight is 321 g/mol. The van der Waals surface area contributed by atoms with E-state index in [9.17, 15) is 14.7 Å². The van der Waals surface area contributed by atoms with Crippen LogP contribution in [0, 0.1) is 0 Å². The van der Waals surface area contributed by atoms with Crippen LogP contribution >= 0.6 is 0 Å². The van der Waals surface area contributed by atoms with E-state index in [0.717, 1.165) is 21.6 Å². The van der Waals surface area contributed by atoms with Crippen LogP contribution in [0.4, 0.5) is 4.79 Å². The molecule has 1 amide bonds. The summed E-state index contributed by atoms with van der Waals surface area (Å²) in [6, 6.07) is 4.79. The molecule has 1 aromatic rings. The molecule has 2 rings (SSSR count). The third-order valence-electron chi connectivity index (χ3n) is 3.65. The minimum absolute atomic E-state index is 0.221. The highest BCUT2D eigenvalue weighted by molar-refractivity contribution is 5.80. The van der Waals surface area contributed by atoms with Gasteiger partial charge in [0.05, 0.1) is 13.2 Å². The van der Waals surface area contributed by atoms with Gasteiger partial charge in [-0.3, -0.25) is 4.90 Å². The van der Waals surface area contributed by atoms with Crippen LogP contribution in [-0.4, -0.2) is 40.8 Å². The number of likely N-dealkylation sites (N-methyl/N-ethyl adjacent to an activating group) is 1. The zero-order valence-electron chi connectivity index (χ0n) is 14.0. The van der Waals surface area contributed by atoms with E-state index in [1.165, 1.54) is 7.05 Å². The molecular formula is C17H23NO5. The number of hydrogen-bond acceptors (Lipinski definition) is 4. The Kier molecular flexibility index (Phi) is 4.94. The maximum atomic E-state index is 12.1. The Labute approximate surface area is 136 Å². The van der Waals surface area contributed by atoms with E-state index < -0.39 is 23.7 Å². The third-order valence-corrected chi connectivity index (χ3v) is 3.65. The molecule has 1 aliphatic heterocycles. The van der Waals surface area contributed by atoms with Crippen LogP contribution in [0.3, 0.4) is 0 Å². The Morgan fingerprint density at radius 1 is 1.30 bits per heavy atom. The van der Waals surface area contributed by atoms with E-state index >= 15 is 0 Å². The molecule has 1 aliphatic rings. The highest BCUT2D eigenvalue weighted by Gasteiger charge is 2.30. The Bertz CT molecular complexity index is 605. The Morgan fingerprint density at radius 3 is 2.57 bits per heavy atom. The first-order valence-electron chi connectivity index (χ1n) is 7.54. The molecule has 1 aromatic carbocycles. The number of aliphatic carboxylic acids is 1. The molecule has 23 heavy (non-hydrogen) atoms. The van der Waals surface area contributed by atoms with E-state index in [1.807, 2.05) is 18.2 Å². The highest BCUT2D eigenvalue weighted by Crippen LogP contribution is 2.22. The van der Waals surface area contributed by atoms with Crippen LogP contribution < -0.4 is 0 Å². The molecule has 0 radical (unpaired) electrons. The van der Waals surface area contributed by atoms with Crippen molar-refractivity contribution in [3.8, 4) is 0 Å². The highest BCUT2D eigenvalue weighted by atomic mass is 16.6. The largest absolute Gasteiger partial charge is 0.480 e. The van der Waals surface area contributed by atoms with Crippen molar-refractivity contribution in [1.29, 1.82) is 0 Å². The summed E-state index contributed by atoms with van der Waals surface area (Å²) in [5.74, 6) is -1.06. The maximum absolute atomic E-state index is 12.1. The van der Waals surface area contributed by atoms with Gasteiger partial charge in [-0.05, 0) is 37.5 Å². The second kappa shape index (κ2) is 6.58. The number of rotatable bonds is 4. The van der Waals surface area contributed by atoms with Gasteiger partial charge in [0.2, 0.25) is 0 Å². The SMILES string of the molecule is CN(C(=O)OC(C)(C)C)[C@H](Cc1ccc2c(c1)COC2)C(=O)O. The van der Waals surface area contributed by atoms with Crippen molar-refractivity contribution >= 4 is 12.1 Å². The summed E-state index contributed by atoms with van der Waals surface area (Å²) < 4.78 is 10.6. The van der Waals surface area contributed by atoms with Crippen molar-refractivity contribution in [2.24, 2.45) is 0 Å².